The molecule has 2 aromatic heterocycles. The van der Waals surface area contributed by atoms with Crippen LogP contribution in [0.1, 0.15) is 24.3 Å². The minimum Gasteiger partial charge on any atom is -0.461 e. The topological polar surface area (TPSA) is 86.1 Å². The molecular formula is C21H18N4O3S. The molecule has 0 spiro atoms. The lowest BCUT2D eigenvalue weighted by molar-refractivity contribution is -0.114. The van der Waals surface area contributed by atoms with Crippen LogP contribution in [0.2, 0.25) is 0 Å². The summed E-state index contributed by atoms with van der Waals surface area (Å²) in [6.07, 6.45) is 0. The first-order chi connectivity index (χ1) is 14.1. The number of carbonyl (C=O) groups is 2. The molecule has 2 heterocycles. The zero-order chi connectivity index (χ0) is 20.4. The van der Waals surface area contributed by atoms with Gasteiger partial charge in [0.1, 0.15) is 10.8 Å². The first-order valence-corrected chi connectivity index (χ1v) is 9.89. The van der Waals surface area contributed by atoms with Gasteiger partial charge < -0.3 is 10.1 Å². The second kappa shape index (κ2) is 7.84. The lowest BCUT2D eigenvalue weighted by Gasteiger charge is -2.08. The first-order valence-electron chi connectivity index (χ1n) is 9.07. The fourth-order valence-electron chi connectivity index (χ4n) is 2.98. The molecule has 0 fully saturated rings. The van der Waals surface area contributed by atoms with Crippen LogP contribution in [0.25, 0.3) is 26.5 Å². The largest absolute Gasteiger partial charge is 0.461 e. The number of amides is 1. The predicted molar refractivity (Wildman–Crippen MR) is 112 cm³/mol. The second-order valence-corrected chi connectivity index (χ2v) is 7.24. The molecule has 4 aromatic rings. The van der Waals surface area contributed by atoms with E-state index in [1.165, 1.54) is 22.9 Å². The molecule has 0 unspecified atom stereocenters. The van der Waals surface area contributed by atoms with E-state index in [0.29, 0.717) is 22.1 Å². The van der Waals surface area contributed by atoms with E-state index in [4.69, 9.17) is 4.74 Å². The SMILES string of the molecule is CCOC(=O)c1nn(-c2ccccc2)c(NC(C)=O)c1-c1nc2ccccc2s1. The number of carbonyl (C=O) groups excluding carboxylic acids is 2. The van der Waals surface area contributed by atoms with Gasteiger partial charge in [-0.3, -0.25) is 4.79 Å². The normalized spacial score (nSPS) is 10.8. The molecule has 8 heteroatoms. The quantitative estimate of drug-likeness (QED) is 0.500. The van der Waals surface area contributed by atoms with Crippen LogP contribution >= 0.6 is 11.3 Å². The molecule has 0 aliphatic carbocycles. The highest BCUT2D eigenvalue weighted by Crippen LogP contribution is 2.38. The molecule has 7 nitrogen and oxygen atoms in total. The summed E-state index contributed by atoms with van der Waals surface area (Å²) in [7, 11) is 0. The Morgan fingerprint density at radius 2 is 1.83 bits per heavy atom. The average Bonchev–Trinajstić information content (AvgIpc) is 3.29. The van der Waals surface area contributed by atoms with E-state index in [9.17, 15) is 9.59 Å². The smallest absolute Gasteiger partial charge is 0.359 e. The van der Waals surface area contributed by atoms with E-state index in [1.54, 1.807) is 6.92 Å². The van der Waals surface area contributed by atoms with Crippen molar-refractivity contribution in [1.82, 2.24) is 14.8 Å². The molecule has 0 radical (unpaired) electrons. The standard InChI is InChI=1S/C21H18N4O3S/c1-3-28-21(27)18-17(20-23-15-11-7-8-12-16(15)29-20)19(22-13(2)26)25(24-18)14-9-5-4-6-10-14/h4-12H,3H2,1-2H3,(H,22,26). The highest BCUT2D eigenvalue weighted by molar-refractivity contribution is 7.21. The Hall–Kier alpha value is -3.52. The predicted octanol–water partition coefficient (Wildman–Crippen LogP) is 4.28. The summed E-state index contributed by atoms with van der Waals surface area (Å²) < 4.78 is 7.73. The van der Waals surface area contributed by atoms with Crippen LogP contribution < -0.4 is 5.32 Å². The van der Waals surface area contributed by atoms with E-state index in [-0.39, 0.29) is 18.2 Å². The number of fused-ring (bicyclic) bond motifs is 1. The van der Waals surface area contributed by atoms with Gasteiger partial charge in [-0.1, -0.05) is 30.3 Å². The van der Waals surface area contributed by atoms with Gasteiger partial charge in [0.15, 0.2) is 5.69 Å². The van der Waals surface area contributed by atoms with Crippen molar-refractivity contribution < 1.29 is 14.3 Å². The van der Waals surface area contributed by atoms with E-state index < -0.39 is 5.97 Å². The number of hydrogen-bond acceptors (Lipinski definition) is 6. The van der Waals surface area contributed by atoms with E-state index >= 15 is 0 Å². The number of nitrogens with one attached hydrogen (secondary N) is 1. The van der Waals surface area contributed by atoms with Gasteiger partial charge in [0.2, 0.25) is 5.91 Å². The van der Waals surface area contributed by atoms with Gasteiger partial charge in [-0.05, 0) is 31.2 Å². The number of anilines is 1. The third-order valence-electron chi connectivity index (χ3n) is 4.16. The maximum Gasteiger partial charge on any atom is 0.359 e. The van der Waals surface area contributed by atoms with Crippen molar-refractivity contribution in [2.24, 2.45) is 0 Å². The third kappa shape index (κ3) is 3.62. The monoisotopic (exact) mass is 406 g/mol. The lowest BCUT2D eigenvalue weighted by Crippen LogP contribution is -2.11. The average molecular weight is 406 g/mol. The highest BCUT2D eigenvalue weighted by Gasteiger charge is 2.28. The number of aromatic nitrogens is 3. The molecule has 0 atom stereocenters. The lowest BCUT2D eigenvalue weighted by atomic mass is 10.2. The number of rotatable bonds is 5. The summed E-state index contributed by atoms with van der Waals surface area (Å²) in [5.74, 6) is -0.464. The number of esters is 1. The van der Waals surface area contributed by atoms with Gasteiger partial charge in [-0.2, -0.15) is 5.10 Å². The van der Waals surface area contributed by atoms with Crippen molar-refractivity contribution in [1.29, 1.82) is 0 Å². The molecule has 1 N–H and O–H groups in total. The van der Waals surface area contributed by atoms with Crippen molar-refractivity contribution in [3.63, 3.8) is 0 Å². The molecule has 0 bridgehead atoms. The number of benzene rings is 2. The molecule has 1 amide bonds. The van der Waals surface area contributed by atoms with Crippen LogP contribution in [0.3, 0.4) is 0 Å². The van der Waals surface area contributed by atoms with Crippen LogP contribution in [0, 0.1) is 0 Å². The Bertz CT molecular complexity index is 1160. The van der Waals surface area contributed by atoms with E-state index in [2.05, 4.69) is 15.4 Å². The second-order valence-electron chi connectivity index (χ2n) is 6.21. The van der Waals surface area contributed by atoms with Crippen molar-refractivity contribution in [3.8, 4) is 16.3 Å². The summed E-state index contributed by atoms with van der Waals surface area (Å²) in [4.78, 5) is 29.3. The number of hydrogen-bond donors (Lipinski definition) is 1. The maximum absolute atomic E-state index is 12.7. The highest BCUT2D eigenvalue weighted by atomic mass is 32.1. The maximum atomic E-state index is 12.7. The van der Waals surface area contributed by atoms with Gasteiger partial charge >= 0.3 is 5.97 Å². The van der Waals surface area contributed by atoms with Crippen molar-refractivity contribution >= 4 is 39.2 Å². The van der Waals surface area contributed by atoms with Gasteiger partial charge in [0.05, 0.1) is 28.1 Å². The number of thiazole rings is 1. The minimum atomic E-state index is -0.567. The zero-order valence-electron chi connectivity index (χ0n) is 15.9. The molecule has 0 saturated heterocycles. The van der Waals surface area contributed by atoms with Crippen LogP contribution in [0.5, 0.6) is 0 Å². The van der Waals surface area contributed by atoms with Crippen LogP contribution in [0.15, 0.2) is 54.6 Å². The fourth-order valence-corrected chi connectivity index (χ4v) is 3.99. The Balaban J connectivity index is 2.00. The molecule has 0 aliphatic rings. The minimum absolute atomic E-state index is 0.110. The van der Waals surface area contributed by atoms with Gasteiger partial charge in [0, 0.05) is 6.92 Å². The Morgan fingerprint density at radius 1 is 1.10 bits per heavy atom. The van der Waals surface area contributed by atoms with Crippen molar-refractivity contribution in [3.05, 3.63) is 60.3 Å². The summed E-state index contributed by atoms with van der Waals surface area (Å²) in [5.41, 5.74) is 2.07. The van der Waals surface area contributed by atoms with Gasteiger partial charge in [-0.25, -0.2) is 14.5 Å². The zero-order valence-corrected chi connectivity index (χ0v) is 16.7. The first kappa shape index (κ1) is 18.8. The van der Waals surface area contributed by atoms with Crippen LogP contribution in [0.4, 0.5) is 5.82 Å². The third-order valence-corrected chi connectivity index (χ3v) is 5.21. The summed E-state index contributed by atoms with van der Waals surface area (Å²) >= 11 is 1.43. The summed E-state index contributed by atoms with van der Waals surface area (Å²) in [5, 5.41) is 7.90. The Labute approximate surface area is 171 Å². The van der Waals surface area contributed by atoms with Gasteiger partial charge in [-0.15, -0.1) is 11.3 Å². The molecular weight excluding hydrogens is 388 g/mol. The molecule has 29 heavy (non-hydrogen) atoms. The van der Waals surface area contributed by atoms with Crippen LogP contribution in [-0.4, -0.2) is 33.2 Å². The van der Waals surface area contributed by atoms with E-state index in [0.717, 1.165) is 10.2 Å². The number of ether oxygens (including phenoxy) is 1. The summed E-state index contributed by atoms with van der Waals surface area (Å²) in [6, 6.07) is 17.0. The fraction of sp³-hybridized carbons (Fsp3) is 0.143. The molecule has 2 aromatic carbocycles. The van der Waals surface area contributed by atoms with Crippen molar-refractivity contribution in [2.75, 3.05) is 11.9 Å². The number of nitrogens with zero attached hydrogens (tertiary/aromatic N) is 3. The Morgan fingerprint density at radius 3 is 2.52 bits per heavy atom. The summed E-state index contributed by atoms with van der Waals surface area (Å²) in [6.45, 7) is 3.36. The molecule has 146 valence electrons. The van der Waals surface area contributed by atoms with Crippen molar-refractivity contribution in [2.45, 2.75) is 13.8 Å². The van der Waals surface area contributed by atoms with E-state index in [1.807, 2.05) is 54.6 Å². The van der Waals surface area contributed by atoms with Gasteiger partial charge in [0.25, 0.3) is 0 Å². The molecule has 0 aliphatic heterocycles. The Kier molecular flexibility index (Phi) is 5.09. The molecule has 4 rings (SSSR count). The van der Waals surface area contributed by atoms with Crippen LogP contribution in [-0.2, 0) is 9.53 Å². The number of para-hydroxylation sites is 2. The molecule has 0 saturated carbocycles.